The van der Waals surface area contributed by atoms with Gasteiger partial charge in [0.2, 0.25) is 0 Å². The van der Waals surface area contributed by atoms with E-state index < -0.39 is 0 Å². The van der Waals surface area contributed by atoms with Gasteiger partial charge in [-0.15, -0.1) is 0 Å². The zero-order chi connectivity index (χ0) is 18.4. The Hall–Kier alpha value is -3.47. The number of ether oxygens (including phenoxy) is 1. The largest absolute Gasteiger partial charge is 0.485 e. The van der Waals surface area contributed by atoms with E-state index >= 15 is 0 Å². The van der Waals surface area contributed by atoms with E-state index in [1.807, 2.05) is 19.1 Å². The molecule has 1 N–H and O–H groups in total. The van der Waals surface area contributed by atoms with Crippen LogP contribution in [0.5, 0.6) is 5.75 Å². The summed E-state index contributed by atoms with van der Waals surface area (Å²) in [5, 5.41) is 2.76. The highest BCUT2D eigenvalue weighted by atomic mass is 16.5. The van der Waals surface area contributed by atoms with Crippen LogP contribution < -0.4 is 10.1 Å². The van der Waals surface area contributed by atoms with E-state index in [2.05, 4.69) is 10.3 Å². The van der Waals surface area contributed by atoms with Gasteiger partial charge in [-0.25, -0.2) is 0 Å². The van der Waals surface area contributed by atoms with E-state index in [1.54, 1.807) is 60.9 Å². The highest BCUT2D eigenvalue weighted by molar-refractivity contribution is 6.06. The number of aromatic nitrogens is 1. The number of hydrogen-bond donors (Lipinski definition) is 1. The summed E-state index contributed by atoms with van der Waals surface area (Å²) in [5.41, 5.74) is 2.60. The van der Waals surface area contributed by atoms with E-state index in [0.29, 0.717) is 22.6 Å². The van der Waals surface area contributed by atoms with Gasteiger partial charge in [0.05, 0.1) is 17.4 Å². The Labute approximate surface area is 151 Å². The lowest BCUT2D eigenvalue weighted by Gasteiger charge is -2.11. The minimum atomic E-state index is -0.323. The van der Waals surface area contributed by atoms with Gasteiger partial charge in [0.15, 0.2) is 12.4 Å². The van der Waals surface area contributed by atoms with Crippen LogP contribution in [0.4, 0.5) is 5.69 Å². The van der Waals surface area contributed by atoms with Crippen molar-refractivity contribution >= 4 is 17.4 Å². The minimum Gasteiger partial charge on any atom is -0.485 e. The van der Waals surface area contributed by atoms with Crippen molar-refractivity contribution in [2.24, 2.45) is 0 Å². The predicted octanol–water partition coefficient (Wildman–Crippen LogP) is 3.90. The van der Waals surface area contributed by atoms with Crippen molar-refractivity contribution in [1.29, 1.82) is 0 Å². The van der Waals surface area contributed by atoms with Crippen molar-refractivity contribution in [1.82, 2.24) is 4.98 Å². The predicted molar refractivity (Wildman–Crippen MR) is 99.6 cm³/mol. The van der Waals surface area contributed by atoms with Crippen molar-refractivity contribution in [3.05, 3.63) is 89.7 Å². The Morgan fingerprint density at radius 1 is 1.00 bits per heavy atom. The van der Waals surface area contributed by atoms with Gasteiger partial charge in [0, 0.05) is 11.8 Å². The summed E-state index contributed by atoms with van der Waals surface area (Å²) < 4.78 is 5.62. The lowest BCUT2D eigenvalue weighted by Crippen LogP contribution is -2.16. The van der Waals surface area contributed by atoms with Gasteiger partial charge in [-0.2, -0.15) is 0 Å². The highest BCUT2D eigenvalue weighted by Gasteiger charge is 2.14. The number of aryl methyl sites for hydroxylation is 1. The van der Waals surface area contributed by atoms with E-state index in [9.17, 15) is 9.59 Å². The Morgan fingerprint density at radius 3 is 2.50 bits per heavy atom. The molecule has 3 aromatic rings. The Kier molecular flexibility index (Phi) is 5.39. The molecule has 0 aliphatic carbocycles. The normalized spacial score (nSPS) is 10.2. The molecular formula is C21H18N2O3. The van der Waals surface area contributed by atoms with E-state index in [-0.39, 0.29) is 18.3 Å². The second kappa shape index (κ2) is 8.07. The van der Waals surface area contributed by atoms with Crippen molar-refractivity contribution < 1.29 is 14.3 Å². The van der Waals surface area contributed by atoms with Gasteiger partial charge >= 0.3 is 0 Å². The molecule has 0 atom stereocenters. The molecule has 0 bridgehead atoms. The standard InChI is InChI=1S/C21H18N2O3/c1-15-8-10-16(11-9-15)19(24)14-26-20-7-3-2-6-18(20)21(25)23-17-5-4-12-22-13-17/h2-13H,14H2,1H3,(H,23,25). The third-order valence-electron chi connectivity index (χ3n) is 3.78. The summed E-state index contributed by atoms with van der Waals surface area (Å²) in [4.78, 5) is 28.7. The molecule has 0 saturated carbocycles. The molecule has 0 radical (unpaired) electrons. The molecule has 2 aromatic carbocycles. The zero-order valence-electron chi connectivity index (χ0n) is 14.3. The number of carbonyl (C=O) groups is 2. The van der Waals surface area contributed by atoms with Gasteiger partial charge in [-0.1, -0.05) is 42.0 Å². The molecule has 5 heteroatoms. The fraction of sp³-hybridized carbons (Fsp3) is 0.0952. The number of amides is 1. The van der Waals surface area contributed by atoms with Crippen LogP contribution in [-0.2, 0) is 0 Å². The molecule has 130 valence electrons. The number of ketones is 1. The molecule has 0 unspecified atom stereocenters. The van der Waals surface area contributed by atoms with E-state index in [4.69, 9.17) is 4.74 Å². The van der Waals surface area contributed by atoms with Crippen LogP contribution in [-0.4, -0.2) is 23.3 Å². The second-order valence-corrected chi connectivity index (χ2v) is 5.77. The molecule has 5 nitrogen and oxygen atoms in total. The number of nitrogens with one attached hydrogen (secondary N) is 1. The topological polar surface area (TPSA) is 68.3 Å². The summed E-state index contributed by atoms with van der Waals surface area (Å²) in [6, 6.07) is 17.6. The summed E-state index contributed by atoms with van der Waals surface area (Å²) >= 11 is 0. The van der Waals surface area contributed by atoms with Gasteiger partial charge in [0.1, 0.15) is 5.75 Å². The molecule has 1 amide bonds. The number of pyridine rings is 1. The number of carbonyl (C=O) groups excluding carboxylic acids is 2. The molecule has 0 aliphatic heterocycles. The number of para-hydroxylation sites is 1. The third kappa shape index (κ3) is 4.33. The molecule has 1 aromatic heterocycles. The summed E-state index contributed by atoms with van der Waals surface area (Å²) in [5.74, 6) is -0.113. The minimum absolute atomic E-state index is 0.139. The van der Waals surface area contributed by atoms with Crippen molar-refractivity contribution in [2.75, 3.05) is 11.9 Å². The second-order valence-electron chi connectivity index (χ2n) is 5.77. The molecule has 0 spiro atoms. The quantitative estimate of drug-likeness (QED) is 0.687. The van der Waals surface area contributed by atoms with Gasteiger partial charge < -0.3 is 10.1 Å². The van der Waals surface area contributed by atoms with E-state index in [0.717, 1.165) is 5.56 Å². The van der Waals surface area contributed by atoms with Crippen LogP contribution in [0, 0.1) is 6.92 Å². The van der Waals surface area contributed by atoms with Crippen LogP contribution in [0.3, 0.4) is 0 Å². The summed E-state index contributed by atoms with van der Waals surface area (Å²) in [7, 11) is 0. The van der Waals surface area contributed by atoms with Crippen LogP contribution >= 0.6 is 0 Å². The van der Waals surface area contributed by atoms with Crippen LogP contribution in [0.2, 0.25) is 0 Å². The Morgan fingerprint density at radius 2 is 1.77 bits per heavy atom. The lowest BCUT2D eigenvalue weighted by atomic mass is 10.1. The average molecular weight is 346 g/mol. The van der Waals surface area contributed by atoms with Crippen molar-refractivity contribution in [3.8, 4) is 5.75 Å². The van der Waals surface area contributed by atoms with Crippen LogP contribution in [0.25, 0.3) is 0 Å². The van der Waals surface area contributed by atoms with Crippen LogP contribution in [0.1, 0.15) is 26.3 Å². The fourth-order valence-electron chi connectivity index (χ4n) is 2.38. The smallest absolute Gasteiger partial charge is 0.259 e. The van der Waals surface area contributed by atoms with Crippen LogP contribution in [0.15, 0.2) is 73.1 Å². The first-order valence-electron chi connectivity index (χ1n) is 8.16. The number of hydrogen-bond acceptors (Lipinski definition) is 4. The van der Waals surface area contributed by atoms with Gasteiger partial charge in [0.25, 0.3) is 5.91 Å². The molecule has 3 rings (SSSR count). The first-order chi connectivity index (χ1) is 12.6. The molecule has 0 aliphatic rings. The highest BCUT2D eigenvalue weighted by Crippen LogP contribution is 2.20. The number of Topliss-reactive ketones (excluding diaryl/α,β-unsaturated/α-hetero) is 1. The number of benzene rings is 2. The number of rotatable bonds is 6. The fourth-order valence-corrected chi connectivity index (χ4v) is 2.38. The molecule has 0 fully saturated rings. The Bertz CT molecular complexity index is 906. The first kappa shape index (κ1) is 17.4. The maximum atomic E-state index is 12.5. The third-order valence-corrected chi connectivity index (χ3v) is 3.78. The summed E-state index contributed by atoms with van der Waals surface area (Å²) in [6.07, 6.45) is 3.19. The van der Waals surface area contributed by atoms with Crippen molar-refractivity contribution in [2.45, 2.75) is 6.92 Å². The molecular weight excluding hydrogens is 328 g/mol. The van der Waals surface area contributed by atoms with Gasteiger partial charge in [-0.3, -0.25) is 14.6 Å². The maximum absolute atomic E-state index is 12.5. The average Bonchev–Trinajstić information content (AvgIpc) is 2.67. The zero-order valence-corrected chi connectivity index (χ0v) is 14.3. The summed E-state index contributed by atoms with van der Waals surface area (Å²) in [6.45, 7) is 1.82. The Balaban J connectivity index is 1.70. The van der Waals surface area contributed by atoms with Gasteiger partial charge in [-0.05, 0) is 31.2 Å². The number of nitrogens with zero attached hydrogens (tertiary/aromatic N) is 1. The molecule has 0 saturated heterocycles. The van der Waals surface area contributed by atoms with E-state index in [1.165, 1.54) is 0 Å². The monoisotopic (exact) mass is 346 g/mol. The lowest BCUT2D eigenvalue weighted by molar-refractivity contribution is 0.0914. The molecule has 1 heterocycles. The first-order valence-corrected chi connectivity index (χ1v) is 8.16. The SMILES string of the molecule is Cc1ccc(C(=O)COc2ccccc2C(=O)Nc2cccnc2)cc1. The van der Waals surface area contributed by atoms with Crippen molar-refractivity contribution in [3.63, 3.8) is 0 Å². The molecule has 26 heavy (non-hydrogen) atoms. The number of anilines is 1. The maximum Gasteiger partial charge on any atom is 0.259 e.